The Balaban J connectivity index is 2.39. The highest BCUT2D eigenvalue weighted by Crippen LogP contribution is 2.25. The molecule has 0 aromatic carbocycles. The maximum absolute atomic E-state index is 11.0. The van der Waals surface area contributed by atoms with Crippen LogP contribution in [-0.2, 0) is 22.8 Å². The maximum Gasteiger partial charge on any atom is 0.500 e. The van der Waals surface area contributed by atoms with Crippen molar-refractivity contribution < 1.29 is 22.8 Å². The van der Waals surface area contributed by atoms with E-state index in [-0.39, 0.29) is 5.97 Å². The van der Waals surface area contributed by atoms with Crippen LogP contribution in [0.2, 0.25) is 6.04 Å². The van der Waals surface area contributed by atoms with Crippen molar-refractivity contribution in [3.8, 4) is 0 Å². The van der Waals surface area contributed by atoms with E-state index in [1.54, 1.807) is 0 Å². The zero-order valence-electron chi connectivity index (χ0n) is 12.3. The molecule has 0 saturated carbocycles. The summed E-state index contributed by atoms with van der Waals surface area (Å²) in [6, 6.07) is 0.813. The molecule has 1 rings (SSSR count). The first-order chi connectivity index (χ1) is 9.15. The van der Waals surface area contributed by atoms with Crippen molar-refractivity contribution in [1.29, 1.82) is 0 Å². The summed E-state index contributed by atoms with van der Waals surface area (Å²) in [5.74, 6) is 0.275. The lowest BCUT2D eigenvalue weighted by Gasteiger charge is -2.28. The molecule has 0 radical (unpaired) electrons. The zero-order chi connectivity index (χ0) is 14.1. The second-order valence-electron chi connectivity index (χ2n) is 4.63. The number of cyclic esters (lactones) is 1. The van der Waals surface area contributed by atoms with Gasteiger partial charge in [-0.25, -0.2) is 0 Å². The van der Waals surface area contributed by atoms with Crippen molar-refractivity contribution in [3.05, 3.63) is 0 Å². The number of ether oxygens (including phenoxy) is 1. The van der Waals surface area contributed by atoms with E-state index in [1.807, 2.05) is 20.8 Å². The minimum atomic E-state index is -2.51. The Morgan fingerprint density at radius 3 is 2.16 bits per heavy atom. The van der Waals surface area contributed by atoms with Crippen LogP contribution < -0.4 is 0 Å². The summed E-state index contributed by atoms with van der Waals surface area (Å²) in [6.07, 6.45) is 2.47. The van der Waals surface area contributed by atoms with E-state index in [0.717, 1.165) is 18.9 Å². The standard InChI is InChI=1S/C13H26O5Si/c1-4-16-19(17-5-2,18-6-3)9-7-8-12-10-13(14)15-11-12/h12H,4-11H2,1-3H3. The highest BCUT2D eigenvalue weighted by atomic mass is 28.4. The fraction of sp³-hybridized carbons (Fsp3) is 0.923. The van der Waals surface area contributed by atoms with Gasteiger partial charge in [0.05, 0.1) is 13.0 Å². The minimum absolute atomic E-state index is 0.0760. The molecule has 1 unspecified atom stereocenters. The summed E-state index contributed by atoms with van der Waals surface area (Å²) in [7, 11) is -2.51. The summed E-state index contributed by atoms with van der Waals surface area (Å²) < 4.78 is 22.3. The van der Waals surface area contributed by atoms with Crippen molar-refractivity contribution in [2.24, 2.45) is 5.92 Å². The average molecular weight is 290 g/mol. The molecule has 0 spiro atoms. The molecule has 112 valence electrons. The third-order valence-electron chi connectivity index (χ3n) is 3.12. The van der Waals surface area contributed by atoms with Crippen molar-refractivity contribution >= 4 is 14.8 Å². The van der Waals surface area contributed by atoms with Gasteiger partial charge in [-0.2, -0.15) is 0 Å². The molecule has 0 bridgehead atoms. The molecular weight excluding hydrogens is 264 g/mol. The quantitative estimate of drug-likeness (QED) is 0.457. The van der Waals surface area contributed by atoms with E-state index in [0.29, 0.717) is 38.8 Å². The van der Waals surface area contributed by atoms with E-state index in [4.69, 9.17) is 18.0 Å². The molecule has 1 aliphatic rings. The third-order valence-corrected chi connectivity index (χ3v) is 6.27. The molecule has 0 amide bonds. The lowest BCUT2D eigenvalue weighted by atomic mass is 10.0. The number of carbonyl (C=O) groups is 1. The maximum atomic E-state index is 11.0. The fourth-order valence-electron chi connectivity index (χ4n) is 2.36. The topological polar surface area (TPSA) is 54.0 Å². The fourth-order valence-corrected chi connectivity index (χ4v) is 5.00. The second-order valence-corrected chi connectivity index (χ2v) is 7.36. The smallest absolute Gasteiger partial charge is 0.465 e. The van der Waals surface area contributed by atoms with Crippen molar-refractivity contribution in [3.63, 3.8) is 0 Å². The molecule has 0 N–H and O–H groups in total. The molecule has 1 saturated heterocycles. The van der Waals surface area contributed by atoms with E-state index in [9.17, 15) is 4.79 Å². The van der Waals surface area contributed by atoms with Gasteiger partial charge >= 0.3 is 14.8 Å². The van der Waals surface area contributed by atoms with Crippen LogP contribution in [-0.4, -0.2) is 41.2 Å². The molecule has 1 aliphatic heterocycles. The Kier molecular flexibility index (Phi) is 7.59. The first-order valence-electron chi connectivity index (χ1n) is 7.23. The number of hydrogen-bond donors (Lipinski definition) is 0. The highest BCUT2D eigenvalue weighted by Gasteiger charge is 2.40. The Morgan fingerprint density at radius 1 is 1.16 bits per heavy atom. The predicted octanol–water partition coefficient (Wildman–Crippen LogP) is 2.38. The number of hydrogen-bond acceptors (Lipinski definition) is 5. The van der Waals surface area contributed by atoms with Gasteiger partial charge in [0.2, 0.25) is 0 Å². The number of rotatable bonds is 10. The Morgan fingerprint density at radius 2 is 1.74 bits per heavy atom. The van der Waals surface area contributed by atoms with Gasteiger partial charge in [0.1, 0.15) is 0 Å². The summed E-state index contributed by atoms with van der Waals surface area (Å²) in [5.41, 5.74) is 0. The van der Waals surface area contributed by atoms with Crippen LogP contribution in [0.1, 0.15) is 40.0 Å². The number of carbonyl (C=O) groups excluding carboxylic acids is 1. The van der Waals surface area contributed by atoms with Crippen molar-refractivity contribution in [1.82, 2.24) is 0 Å². The monoisotopic (exact) mass is 290 g/mol. The lowest BCUT2D eigenvalue weighted by molar-refractivity contribution is -0.137. The first kappa shape index (κ1) is 16.6. The Hall–Kier alpha value is -0.433. The normalized spacial score (nSPS) is 19.7. The molecule has 0 aromatic heterocycles. The van der Waals surface area contributed by atoms with Gasteiger partial charge in [-0.05, 0) is 33.6 Å². The van der Waals surface area contributed by atoms with Gasteiger partial charge in [-0.3, -0.25) is 4.79 Å². The van der Waals surface area contributed by atoms with Gasteiger partial charge < -0.3 is 18.0 Å². The van der Waals surface area contributed by atoms with Crippen LogP contribution >= 0.6 is 0 Å². The second kappa shape index (κ2) is 8.68. The predicted molar refractivity (Wildman–Crippen MR) is 73.7 cm³/mol. The third kappa shape index (κ3) is 5.60. The molecular formula is C13H26O5Si. The summed E-state index contributed by atoms with van der Waals surface area (Å²) in [4.78, 5) is 11.0. The minimum Gasteiger partial charge on any atom is -0.465 e. The molecule has 1 atom stereocenters. The molecule has 1 heterocycles. The zero-order valence-corrected chi connectivity index (χ0v) is 13.3. The number of esters is 1. The van der Waals surface area contributed by atoms with Crippen LogP contribution in [0.15, 0.2) is 0 Å². The van der Waals surface area contributed by atoms with E-state index < -0.39 is 8.80 Å². The SMILES string of the molecule is CCO[Si](CCCC1COC(=O)C1)(OCC)OCC. The van der Waals surface area contributed by atoms with Gasteiger partial charge in [0.25, 0.3) is 0 Å². The molecule has 0 aliphatic carbocycles. The molecule has 19 heavy (non-hydrogen) atoms. The molecule has 1 fully saturated rings. The van der Waals surface area contributed by atoms with Crippen molar-refractivity contribution in [2.45, 2.75) is 46.1 Å². The van der Waals surface area contributed by atoms with Crippen LogP contribution in [0.5, 0.6) is 0 Å². The van der Waals surface area contributed by atoms with Gasteiger partial charge in [0.15, 0.2) is 0 Å². The molecule has 0 aromatic rings. The molecule has 5 nitrogen and oxygen atoms in total. The Bertz CT molecular complexity index is 255. The van der Waals surface area contributed by atoms with Gasteiger partial charge in [0, 0.05) is 31.8 Å². The summed E-state index contributed by atoms with van der Waals surface area (Å²) in [6.45, 7) is 8.27. The van der Waals surface area contributed by atoms with Crippen LogP contribution in [0.3, 0.4) is 0 Å². The van der Waals surface area contributed by atoms with E-state index in [2.05, 4.69) is 0 Å². The van der Waals surface area contributed by atoms with Crippen LogP contribution in [0.25, 0.3) is 0 Å². The summed E-state index contributed by atoms with van der Waals surface area (Å²) in [5, 5.41) is 0. The lowest BCUT2D eigenvalue weighted by Crippen LogP contribution is -2.46. The highest BCUT2D eigenvalue weighted by molar-refractivity contribution is 6.60. The first-order valence-corrected chi connectivity index (χ1v) is 9.16. The summed E-state index contributed by atoms with van der Waals surface area (Å²) >= 11 is 0. The van der Waals surface area contributed by atoms with E-state index >= 15 is 0 Å². The average Bonchev–Trinajstić information content (AvgIpc) is 2.76. The van der Waals surface area contributed by atoms with E-state index in [1.165, 1.54) is 0 Å². The van der Waals surface area contributed by atoms with Gasteiger partial charge in [-0.1, -0.05) is 0 Å². The van der Waals surface area contributed by atoms with Crippen molar-refractivity contribution in [2.75, 3.05) is 26.4 Å². The largest absolute Gasteiger partial charge is 0.500 e. The molecule has 6 heteroatoms. The van der Waals surface area contributed by atoms with Crippen LogP contribution in [0.4, 0.5) is 0 Å². The Labute approximate surface area is 116 Å². The van der Waals surface area contributed by atoms with Gasteiger partial charge in [-0.15, -0.1) is 0 Å². The van der Waals surface area contributed by atoms with Crippen LogP contribution in [0, 0.1) is 5.92 Å².